The largest absolute Gasteiger partial charge is 0.297 e. The van der Waals surface area contributed by atoms with Gasteiger partial charge in [-0.2, -0.15) is 0 Å². The van der Waals surface area contributed by atoms with Gasteiger partial charge in [-0.15, -0.1) is 24.0 Å². The summed E-state index contributed by atoms with van der Waals surface area (Å²) in [4.78, 5) is 6.41. The number of para-hydroxylation sites is 2. The van der Waals surface area contributed by atoms with Gasteiger partial charge in [-0.3, -0.25) is 4.57 Å². The van der Waals surface area contributed by atoms with Gasteiger partial charge in [0.2, 0.25) is 0 Å². The minimum absolute atomic E-state index is 0.903. The summed E-state index contributed by atoms with van der Waals surface area (Å²) in [5.41, 5.74) is 14.0. The number of benzene rings is 7. The summed E-state index contributed by atoms with van der Waals surface area (Å²) < 4.78 is 4.86. The SMILES string of the molecule is C=C(c1ccccc1/N=C(\C)n1c2ccccc2c2ccc(-c3ccc4c(c3)-c3c(S)cccc3C4)cc21)c1cccc2c1sc1ccccc12. The Bertz CT molecular complexity index is 2940. The first-order valence-electron chi connectivity index (χ1n) is 17.3. The highest BCUT2D eigenvalue weighted by Gasteiger charge is 2.22. The Morgan fingerprint density at radius 2 is 1.35 bits per heavy atom. The summed E-state index contributed by atoms with van der Waals surface area (Å²) in [7, 11) is 0. The molecule has 0 radical (unpaired) electrons. The molecule has 0 aliphatic heterocycles. The van der Waals surface area contributed by atoms with E-state index in [2.05, 4.69) is 164 Å². The van der Waals surface area contributed by atoms with Crippen LogP contribution in [-0.2, 0) is 6.42 Å². The van der Waals surface area contributed by atoms with Crippen molar-refractivity contribution in [2.24, 2.45) is 4.99 Å². The Morgan fingerprint density at radius 3 is 2.27 bits per heavy atom. The number of thiol groups is 1. The molecule has 0 unspecified atom stereocenters. The molecular weight excluding hydrogens is 657 g/mol. The number of rotatable bonds is 4. The van der Waals surface area contributed by atoms with Crippen molar-refractivity contribution in [3.05, 3.63) is 174 Å². The molecule has 2 aromatic heterocycles. The van der Waals surface area contributed by atoms with Gasteiger partial charge in [0.05, 0.1) is 16.7 Å². The summed E-state index contributed by atoms with van der Waals surface area (Å²) in [6.45, 7) is 6.78. The van der Waals surface area contributed by atoms with E-state index < -0.39 is 0 Å². The molecule has 10 rings (SSSR count). The van der Waals surface area contributed by atoms with E-state index in [9.17, 15) is 0 Å². The Balaban J connectivity index is 1.10. The number of aromatic nitrogens is 1. The highest BCUT2D eigenvalue weighted by atomic mass is 32.1. The lowest BCUT2D eigenvalue weighted by molar-refractivity contribution is 1.23. The van der Waals surface area contributed by atoms with Gasteiger partial charge in [0.1, 0.15) is 5.84 Å². The van der Waals surface area contributed by atoms with Crippen LogP contribution in [0.2, 0.25) is 0 Å². The number of hydrogen-bond acceptors (Lipinski definition) is 3. The first-order chi connectivity index (χ1) is 25.0. The van der Waals surface area contributed by atoms with Gasteiger partial charge in [-0.25, -0.2) is 4.99 Å². The van der Waals surface area contributed by atoms with Gasteiger partial charge in [0.15, 0.2) is 0 Å². The van der Waals surface area contributed by atoms with Crippen LogP contribution in [0.5, 0.6) is 0 Å². The molecule has 1 aliphatic rings. The van der Waals surface area contributed by atoms with E-state index in [4.69, 9.17) is 17.6 Å². The standard InChI is InChI=1S/C47H32N2S2/c1-28(35-15-10-16-39-38-14-5-8-20-45(38)51-47(35)39)34-12-3-6-17-41(34)48-29(2)49-42-18-7-4-13-36(42)37-24-23-31(27-43(37)49)30-21-22-32-25-33-11-9-19-44(50)46(33)40(32)26-30/h3-24,26-27,50H,1,25H2,2H3/b48-29+. The molecule has 0 N–H and O–H groups in total. The van der Waals surface area contributed by atoms with Gasteiger partial charge < -0.3 is 0 Å². The maximum absolute atomic E-state index is 5.37. The number of fused-ring (bicyclic) bond motifs is 9. The second-order valence-electron chi connectivity index (χ2n) is 13.4. The van der Waals surface area contributed by atoms with Crippen molar-refractivity contribution >= 4 is 83.0 Å². The molecule has 0 spiro atoms. The van der Waals surface area contributed by atoms with Gasteiger partial charge in [-0.1, -0.05) is 116 Å². The van der Waals surface area contributed by atoms with Crippen LogP contribution in [0, 0.1) is 0 Å². The predicted octanol–water partition coefficient (Wildman–Crippen LogP) is 13.3. The fourth-order valence-corrected chi connectivity index (χ4v) is 9.67. The topological polar surface area (TPSA) is 17.3 Å². The average molecular weight is 689 g/mol. The fourth-order valence-electron chi connectivity index (χ4n) is 8.07. The van der Waals surface area contributed by atoms with Crippen LogP contribution in [0.15, 0.2) is 162 Å². The second kappa shape index (κ2) is 11.7. The van der Waals surface area contributed by atoms with Crippen LogP contribution in [0.1, 0.15) is 29.2 Å². The van der Waals surface area contributed by atoms with E-state index in [1.165, 1.54) is 64.3 Å². The first-order valence-corrected chi connectivity index (χ1v) is 18.5. The van der Waals surface area contributed by atoms with Crippen molar-refractivity contribution in [2.45, 2.75) is 18.2 Å². The van der Waals surface area contributed by atoms with Gasteiger partial charge in [0, 0.05) is 41.4 Å². The Morgan fingerprint density at radius 1 is 0.647 bits per heavy atom. The minimum atomic E-state index is 0.903. The highest BCUT2D eigenvalue weighted by molar-refractivity contribution is 7.80. The zero-order chi connectivity index (χ0) is 34.2. The van der Waals surface area contributed by atoms with Gasteiger partial charge >= 0.3 is 0 Å². The van der Waals surface area contributed by atoms with Crippen LogP contribution < -0.4 is 0 Å². The molecule has 0 bridgehead atoms. The lowest BCUT2D eigenvalue weighted by Gasteiger charge is -2.13. The summed E-state index contributed by atoms with van der Waals surface area (Å²) >= 11 is 6.66. The van der Waals surface area contributed by atoms with Crippen molar-refractivity contribution in [2.75, 3.05) is 0 Å². The number of nitrogens with zero attached hydrogens (tertiary/aromatic N) is 2. The molecule has 7 aromatic carbocycles. The van der Waals surface area contributed by atoms with E-state index in [1.807, 2.05) is 11.3 Å². The van der Waals surface area contributed by atoms with Crippen LogP contribution in [0.3, 0.4) is 0 Å². The van der Waals surface area contributed by atoms with E-state index in [1.54, 1.807) is 0 Å². The quantitative estimate of drug-likeness (QED) is 0.108. The summed E-state index contributed by atoms with van der Waals surface area (Å²) in [6, 6.07) is 52.4. The van der Waals surface area contributed by atoms with Crippen molar-refractivity contribution in [3.63, 3.8) is 0 Å². The third-order valence-electron chi connectivity index (χ3n) is 10.5. The van der Waals surface area contributed by atoms with Crippen LogP contribution in [0.4, 0.5) is 5.69 Å². The number of hydrogen-bond donors (Lipinski definition) is 1. The molecule has 0 fully saturated rings. The predicted molar refractivity (Wildman–Crippen MR) is 222 cm³/mol. The third-order valence-corrected chi connectivity index (χ3v) is 12.1. The molecular formula is C47H32N2S2. The molecule has 2 nitrogen and oxygen atoms in total. The van der Waals surface area contributed by atoms with Crippen molar-refractivity contribution in [3.8, 4) is 22.3 Å². The molecule has 0 atom stereocenters. The highest BCUT2D eigenvalue weighted by Crippen LogP contribution is 2.44. The van der Waals surface area contributed by atoms with Gasteiger partial charge in [0.25, 0.3) is 0 Å². The third kappa shape index (κ3) is 4.75. The molecule has 0 amide bonds. The van der Waals surface area contributed by atoms with E-state index in [-0.39, 0.29) is 0 Å². The summed E-state index contributed by atoms with van der Waals surface area (Å²) in [5, 5.41) is 4.98. The lowest BCUT2D eigenvalue weighted by Crippen LogP contribution is -2.07. The Kier molecular flexibility index (Phi) is 6.92. The normalized spacial score (nSPS) is 12.6. The monoisotopic (exact) mass is 688 g/mol. The molecule has 51 heavy (non-hydrogen) atoms. The maximum atomic E-state index is 5.37. The molecule has 9 aromatic rings. The molecule has 1 aliphatic carbocycles. The van der Waals surface area contributed by atoms with E-state index >= 15 is 0 Å². The fraction of sp³-hybridized carbons (Fsp3) is 0.0426. The Labute approximate surface area is 306 Å². The van der Waals surface area contributed by atoms with Crippen LogP contribution >= 0.6 is 24.0 Å². The molecule has 0 saturated heterocycles. The summed E-state index contributed by atoms with van der Waals surface area (Å²) in [5.74, 6) is 0.904. The summed E-state index contributed by atoms with van der Waals surface area (Å²) in [6.07, 6.45) is 0.954. The van der Waals surface area contributed by atoms with Crippen LogP contribution in [0.25, 0.3) is 69.8 Å². The second-order valence-corrected chi connectivity index (χ2v) is 14.9. The van der Waals surface area contributed by atoms with Crippen LogP contribution in [-0.4, -0.2) is 10.4 Å². The van der Waals surface area contributed by atoms with Crippen molar-refractivity contribution in [1.82, 2.24) is 4.57 Å². The molecule has 242 valence electrons. The van der Waals surface area contributed by atoms with E-state index in [0.29, 0.717) is 0 Å². The average Bonchev–Trinajstić information content (AvgIpc) is 3.84. The number of aliphatic imine (C=N–C) groups is 1. The smallest absolute Gasteiger partial charge is 0.111 e. The molecule has 4 heteroatoms. The van der Waals surface area contributed by atoms with Gasteiger partial charge in [-0.05, 0) is 94.3 Å². The Hall–Kier alpha value is -5.68. The maximum Gasteiger partial charge on any atom is 0.111 e. The molecule has 2 heterocycles. The van der Waals surface area contributed by atoms with Crippen molar-refractivity contribution in [1.29, 1.82) is 0 Å². The lowest BCUT2D eigenvalue weighted by atomic mass is 9.96. The first kappa shape index (κ1) is 30.2. The van der Waals surface area contributed by atoms with Crippen molar-refractivity contribution < 1.29 is 0 Å². The zero-order valence-corrected chi connectivity index (χ0v) is 29.7. The zero-order valence-electron chi connectivity index (χ0n) is 28.0. The molecule has 0 saturated carbocycles. The number of thiophene rings is 1. The minimum Gasteiger partial charge on any atom is -0.297 e. The van der Waals surface area contributed by atoms with E-state index in [0.717, 1.165) is 50.6 Å².